The van der Waals surface area contributed by atoms with Crippen LogP contribution in [0.15, 0.2) is 12.3 Å². The summed E-state index contributed by atoms with van der Waals surface area (Å²) in [6.07, 6.45) is 12.4. The Kier molecular flexibility index (Phi) is 4.44. The second-order valence-corrected chi connectivity index (χ2v) is 6.57. The summed E-state index contributed by atoms with van der Waals surface area (Å²) < 4.78 is 2.17. The van der Waals surface area contributed by atoms with E-state index in [4.69, 9.17) is 16.7 Å². The van der Waals surface area contributed by atoms with Crippen LogP contribution >= 0.6 is 11.6 Å². The number of hydrogen-bond acceptors (Lipinski definition) is 2. The Labute approximate surface area is 120 Å². The lowest BCUT2D eigenvalue weighted by atomic mass is 9.95. The van der Waals surface area contributed by atoms with Gasteiger partial charge in [-0.3, -0.25) is 4.68 Å². The molecular formula is C15H24ClN3. The molecule has 19 heavy (non-hydrogen) atoms. The highest BCUT2D eigenvalue weighted by Gasteiger charge is 2.23. The molecule has 2 unspecified atom stereocenters. The Morgan fingerprint density at radius 2 is 1.89 bits per heavy atom. The average Bonchev–Trinajstić information content (AvgIpc) is 3.09. The van der Waals surface area contributed by atoms with Crippen LogP contribution in [-0.2, 0) is 6.54 Å². The van der Waals surface area contributed by atoms with Crippen molar-refractivity contribution in [2.45, 2.75) is 75.4 Å². The third-order valence-corrected chi connectivity index (χ3v) is 5.11. The molecule has 4 heteroatoms. The molecule has 2 aliphatic rings. The Morgan fingerprint density at radius 3 is 2.68 bits per heavy atom. The number of halogens is 1. The Hall–Kier alpha value is -0.540. The molecule has 1 heterocycles. The lowest BCUT2D eigenvalue weighted by Crippen LogP contribution is -2.38. The molecule has 1 aromatic heterocycles. The fourth-order valence-electron chi connectivity index (χ4n) is 3.40. The highest BCUT2D eigenvalue weighted by molar-refractivity contribution is 6.21. The van der Waals surface area contributed by atoms with E-state index >= 15 is 0 Å². The summed E-state index contributed by atoms with van der Waals surface area (Å²) in [5, 5.41) is 8.59. The van der Waals surface area contributed by atoms with Crippen LogP contribution in [0.4, 0.5) is 0 Å². The summed E-state index contributed by atoms with van der Waals surface area (Å²) >= 11 is 6.37. The molecule has 0 radical (unpaired) electrons. The highest BCUT2D eigenvalue weighted by atomic mass is 35.5. The predicted octanol–water partition coefficient (Wildman–Crippen LogP) is 3.64. The summed E-state index contributed by atoms with van der Waals surface area (Å²) in [5.74, 6) is 0. The van der Waals surface area contributed by atoms with E-state index < -0.39 is 0 Å². The van der Waals surface area contributed by atoms with Crippen LogP contribution < -0.4 is 5.32 Å². The van der Waals surface area contributed by atoms with Gasteiger partial charge in [-0.15, -0.1) is 11.6 Å². The SMILES string of the molecule is ClC1CCCCC1NCc1ccn(C2CCCC2)n1. The van der Waals surface area contributed by atoms with Crippen molar-refractivity contribution in [3.05, 3.63) is 18.0 Å². The molecule has 106 valence electrons. The van der Waals surface area contributed by atoms with E-state index in [2.05, 4.69) is 22.3 Å². The van der Waals surface area contributed by atoms with Crippen molar-refractivity contribution in [3.63, 3.8) is 0 Å². The van der Waals surface area contributed by atoms with Gasteiger partial charge in [0.25, 0.3) is 0 Å². The van der Waals surface area contributed by atoms with Gasteiger partial charge >= 0.3 is 0 Å². The van der Waals surface area contributed by atoms with Gasteiger partial charge in [0, 0.05) is 24.2 Å². The quantitative estimate of drug-likeness (QED) is 0.854. The van der Waals surface area contributed by atoms with Crippen LogP contribution in [0.1, 0.15) is 63.1 Å². The van der Waals surface area contributed by atoms with Crippen LogP contribution in [0.2, 0.25) is 0 Å². The Balaban J connectivity index is 1.52. The molecule has 1 aromatic rings. The minimum absolute atomic E-state index is 0.297. The van der Waals surface area contributed by atoms with E-state index in [1.807, 2.05) is 0 Å². The molecule has 3 nitrogen and oxygen atoms in total. The molecule has 0 aliphatic heterocycles. The summed E-state index contributed by atoms with van der Waals surface area (Å²) in [4.78, 5) is 0. The molecule has 1 N–H and O–H groups in total. The van der Waals surface area contributed by atoms with E-state index in [1.165, 1.54) is 44.9 Å². The van der Waals surface area contributed by atoms with Gasteiger partial charge in [0.05, 0.1) is 11.7 Å². The molecule has 2 saturated carbocycles. The van der Waals surface area contributed by atoms with Gasteiger partial charge in [0.15, 0.2) is 0 Å². The number of alkyl halides is 1. The Morgan fingerprint density at radius 1 is 1.16 bits per heavy atom. The topological polar surface area (TPSA) is 29.9 Å². The second-order valence-electron chi connectivity index (χ2n) is 6.01. The maximum atomic E-state index is 6.37. The van der Waals surface area contributed by atoms with Crippen LogP contribution in [-0.4, -0.2) is 21.2 Å². The zero-order valence-corrected chi connectivity index (χ0v) is 12.3. The lowest BCUT2D eigenvalue weighted by molar-refractivity contribution is 0.375. The summed E-state index contributed by atoms with van der Waals surface area (Å²) in [6.45, 7) is 0.855. The smallest absolute Gasteiger partial charge is 0.0762 e. The standard InChI is InChI=1S/C15H24ClN3/c16-14-7-3-4-8-15(14)17-11-12-9-10-19(18-12)13-5-1-2-6-13/h9-10,13-15,17H,1-8,11H2. The van der Waals surface area contributed by atoms with Crippen LogP contribution in [0.3, 0.4) is 0 Å². The third kappa shape index (κ3) is 3.32. The lowest BCUT2D eigenvalue weighted by Gasteiger charge is -2.27. The minimum atomic E-state index is 0.297. The van der Waals surface area contributed by atoms with Crippen molar-refractivity contribution in [1.82, 2.24) is 15.1 Å². The van der Waals surface area contributed by atoms with Crippen molar-refractivity contribution in [1.29, 1.82) is 0 Å². The maximum Gasteiger partial charge on any atom is 0.0762 e. The molecule has 0 spiro atoms. The molecule has 0 bridgehead atoms. The first-order valence-electron chi connectivity index (χ1n) is 7.74. The number of aromatic nitrogens is 2. The van der Waals surface area contributed by atoms with E-state index in [1.54, 1.807) is 0 Å². The van der Waals surface area contributed by atoms with Gasteiger partial charge in [-0.25, -0.2) is 0 Å². The van der Waals surface area contributed by atoms with E-state index in [0.717, 1.165) is 18.7 Å². The van der Waals surface area contributed by atoms with Gasteiger partial charge in [-0.05, 0) is 31.7 Å². The first-order chi connectivity index (χ1) is 9.33. The average molecular weight is 282 g/mol. The van der Waals surface area contributed by atoms with Gasteiger partial charge < -0.3 is 5.32 Å². The van der Waals surface area contributed by atoms with Crippen LogP contribution in [0.5, 0.6) is 0 Å². The first-order valence-corrected chi connectivity index (χ1v) is 8.18. The molecule has 2 fully saturated rings. The summed E-state index contributed by atoms with van der Waals surface area (Å²) in [6, 6.07) is 3.26. The van der Waals surface area contributed by atoms with Crippen molar-refractivity contribution in [3.8, 4) is 0 Å². The first kappa shape index (κ1) is 13.4. The predicted molar refractivity (Wildman–Crippen MR) is 78.5 cm³/mol. The number of rotatable bonds is 4. The van der Waals surface area contributed by atoms with Crippen molar-refractivity contribution in [2.75, 3.05) is 0 Å². The number of nitrogens with zero attached hydrogens (tertiary/aromatic N) is 2. The second kappa shape index (κ2) is 6.27. The van der Waals surface area contributed by atoms with Gasteiger partial charge in [-0.1, -0.05) is 25.7 Å². The fraction of sp³-hybridized carbons (Fsp3) is 0.800. The molecule has 2 aliphatic carbocycles. The molecular weight excluding hydrogens is 258 g/mol. The van der Waals surface area contributed by atoms with Gasteiger partial charge in [0.2, 0.25) is 0 Å². The molecule has 0 aromatic carbocycles. The van der Waals surface area contributed by atoms with Crippen molar-refractivity contribution >= 4 is 11.6 Å². The number of hydrogen-bond donors (Lipinski definition) is 1. The minimum Gasteiger partial charge on any atom is -0.307 e. The number of nitrogens with one attached hydrogen (secondary N) is 1. The van der Waals surface area contributed by atoms with Crippen molar-refractivity contribution in [2.24, 2.45) is 0 Å². The third-order valence-electron chi connectivity index (χ3n) is 4.59. The zero-order chi connectivity index (χ0) is 13.1. The van der Waals surface area contributed by atoms with Gasteiger partial charge in [-0.2, -0.15) is 5.10 Å². The highest BCUT2D eigenvalue weighted by Crippen LogP contribution is 2.28. The normalized spacial score (nSPS) is 28.9. The van der Waals surface area contributed by atoms with E-state index in [0.29, 0.717) is 17.5 Å². The molecule has 0 saturated heterocycles. The van der Waals surface area contributed by atoms with Crippen molar-refractivity contribution < 1.29 is 0 Å². The summed E-state index contributed by atoms with van der Waals surface area (Å²) in [7, 11) is 0. The largest absolute Gasteiger partial charge is 0.307 e. The van der Waals surface area contributed by atoms with E-state index in [9.17, 15) is 0 Å². The molecule has 2 atom stereocenters. The monoisotopic (exact) mass is 281 g/mol. The van der Waals surface area contributed by atoms with E-state index in [-0.39, 0.29) is 0 Å². The van der Waals surface area contributed by atoms with Crippen LogP contribution in [0.25, 0.3) is 0 Å². The van der Waals surface area contributed by atoms with Gasteiger partial charge in [0.1, 0.15) is 0 Å². The fourth-order valence-corrected chi connectivity index (χ4v) is 3.76. The molecule has 3 rings (SSSR count). The maximum absolute atomic E-state index is 6.37. The molecule has 0 amide bonds. The van der Waals surface area contributed by atoms with Crippen LogP contribution in [0, 0.1) is 0 Å². The Bertz CT molecular complexity index is 398. The zero-order valence-electron chi connectivity index (χ0n) is 11.5. The summed E-state index contributed by atoms with van der Waals surface area (Å²) in [5.41, 5.74) is 1.15.